The van der Waals surface area contributed by atoms with Gasteiger partial charge < -0.3 is 14.8 Å². The molecule has 6 radical (unpaired) electrons. The molecule has 2 amide bonds. The van der Waals surface area contributed by atoms with E-state index in [-0.39, 0.29) is 17.8 Å². The van der Waals surface area contributed by atoms with E-state index in [1.165, 1.54) is 12.3 Å². The molecule has 0 saturated carbocycles. The molecule has 0 bridgehead atoms. The summed E-state index contributed by atoms with van der Waals surface area (Å²) in [7, 11) is 18.3. The SMILES string of the molecule is [B]C([B])([B])C1(F)CN(C(=O)Cn2c(=O)c(C(=O)NCc3ccc(Cl)cc3)cc3cc(-c4cn(C)cn4)cnc32)C1. The number of likely N-dealkylation sites (tertiary alicyclic amines) is 1. The van der Waals surface area contributed by atoms with Gasteiger partial charge in [-0.3, -0.25) is 19.0 Å². The maximum absolute atomic E-state index is 14.8. The molecular weight excluding hydrogens is 531 g/mol. The fraction of sp³-hybridized carbons (Fsp3) is 0.269. The van der Waals surface area contributed by atoms with E-state index in [0.29, 0.717) is 21.7 Å². The summed E-state index contributed by atoms with van der Waals surface area (Å²) in [5.41, 5.74) is -0.871. The average molecular weight is 552 g/mol. The van der Waals surface area contributed by atoms with E-state index < -0.39 is 47.8 Å². The van der Waals surface area contributed by atoms with Gasteiger partial charge >= 0.3 is 0 Å². The van der Waals surface area contributed by atoms with Crippen LogP contribution in [0, 0.1) is 0 Å². The number of aromatic nitrogens is 4. The third-order valence-electron chi connectivity index (χ3n) is 6.84. The van der Waals surface area contributed by atoms with Crippen molar-refractivity contribution < 1.29 is 14.0 Å². The second kappa shape index (κ2) is 10.3. The number of hydrogen-bond acceptors (Lipinski definition) is 5. The molecule has 0 spiro atoms. The number of aryl methyl sites for hydroxylation is 1. The molecule has 196 valence electrons. The molecule has 9 nitrogen and oxygen atoms in total. The molecule has 1 aliphatic heterocycles. The number of hydrogen-bond donors (Lipinski definition) is 1. The summed E-state index contributed by atoms with van der Waals surface area (Å²) in [5, 5.41) is 1.58. The summed E-state index contributed by atoms with van der Waals surface area (Å²) in [5.74, 6) is -1.23. The number of pyridine rings is 2. The zero-order valence-electron chi connectivity index (χ0n) is 21.5. The quantitative estimate of drug-likeness (QED) is 0.351. The first-order valence-electron chi connectivity index (χ1n) is 12.2. The first-order valence-corrected chi connectivity index (χ1v) is 12.6. The van der Waals surface area contributed by atoms with E-state index in [4.69, 9.17) is 35.1 Å². The molecule has 0 atom stereocenters. The Kier molecular flexibility index (Phi) is 7.12. The maximum atomic E-state index is 14.8. The lowest BCUT2D eigenvalue weighted by molar-refractivity contribution is -0.146. The minimum absolute atomic E-state index is 0.143. The van der Waals surface area contributed by atoms with Crippen LogP contribution in [0.1, 0.15) is 15.9 Å². The molecule has 4 aromatic rings. The lowest BCUT2D eigenvalue weighted by atomic mass is 9.35. The van der Waals surface area contributed by atoms with Crippen molar-refractivity contribution in [2.24, 2.45) is 7.05 Å². The number of carbonyl (C=O) groups is 2. The Morgan fingerprint density at radius 3 is 2.48 bits per heavy atom. The van der Waals surface area contributed by atoms with E-state index in [1.54, 1.807) is 47.4 Å². The van der Waals surface area contributed by atoms with E-state index >= 15 is 0 Å². The van der Waals surface area contributed by atoms with Gasteiger partial charge in [0.25, 0.3) is 11.5 Å². The molecule has 0 unspecified atom stereocenters. The standard InChI is InChI=1S/C26H21B3ClFN6O3/c1-35-10-20(34-14-35)17-6-16-7-19(23(39)33-8-15-2-4-18(30)5-3-15)24(40)37(22(16)32-9-17)11-21(38)36-12-25(31,13-36)26(27,28)29/h2-7,9-10,14H,8,11-13H2,1H3,(H,33,39). The Morgan fingerprint density at radius 1 is 1.15 bits per heavy atom. The highest BCUT2D eigenvalue weighted by atomic mass is 35.5. The number of benzene rings is 1. The normalized spacial score (nSPS) is 14.6. The van der Waals surface area contributed by atoms with E-state index in [2.05, 4.69) is 15.3 Å². The van der Waals surface area contributed by atoms with Crippen LogP contribution in [0.3, 0.4) is 0 Å². The van der Waals surface area contributed by atoms with Crippen LogP contribution in [0.25, 0.3) is 22.3 Å². The highest BCUT2D eigenvalue weighted by molar-refractivity contribution is 6.60. The van der Waals surface area contributed by atoms with Crippen molar-refractivity contribution in [3.05, 3.63) is 81.6 Å². The highest BCUT2D eigenvalue weighted by Gasteiger charge is 2.52. The lowest BCUT2D eigenvalue weighted by Gasteiger charge is -2.52. The largest absolute Gasteiger partial charge is 0.348 e. The molecule has 5 rings (SSSR count). The number of amides is 2. The number of fused-ring (bicyclic) bond motifs is 1. The zero-order chi connectivity index (χ0) is 28.8. The van der Waals surface area contributed by atoms with Gasteiger partial charge in [0.2, 0.25) is 5.91 Å². The molecule has 1 N–H and O–H groups in total. The van der Waals surface area contributed by atoms with Crippen LogP contribution >= 0.6 is 11.6 Å². The Morgan fingerprint density at radius 2 is 1.85 bits per heavy atom. The van der Waals surface area contributed by atoms with Gasteiger partial charge in [0, 0.05) is 42.0 Å². The number of alkyl halides is 1. The number of rotatable bonds is 7. The Labute approximate surface area is 238 Å². The predicted octanol–water partition coefficient (Wildman–Crippen LogP) is 1.51. The van der Waals surface area contributed by atoms with Crippen molar-refractivity contribution in [1.82, 2.24) is 29.3 Å². The smallest absolute Gasteiger partial charge is 0.265 e. The molecule has 4 heterocycles. The Hall–Kier alpha value is -3.86. The third kappa shape index (κ3) is 5.30. The van der Waals surface area contributed by atoms with Gasteiger partial charge in [-0.25, -0.2) is 14.4 Å². The van der Waals surface area contributed by atoms with Crippen LogP contribution in [0.5, 0.6) is 0 Å². The van der Waals surface area contributed by atoms with Crippen molar-refractivity contribution in [2.45, 2.75) is 23.9 Å². The van der Waals surface area contributed by atoms with Gasteiger partial charge in [-0.1, -0.05) is 28.8 Å². The molecule has 0 aliphatic carbocycles. The molecular formula is C26H21B3ClFN6O3. The van der Waals surface area contributed by atoms with Gasteiger partial charge in [0.15, 0.2) is 0 Å². The Balaban J connectivity index is 1.49. The third-order valence-corrected chi connectivity index (χ3v) is 7.09. The monoisotopic (exact) mass is 552 g/mol. The minimum Gasteiger partial charge on any atom is -0.348 e. The molecule has 1 fully saturated rings. The minimum atomic E-state index is -2.17. The van der Waals surface area contributed by atoms with Gasteiger partial charge in [-0.2, -0.15) is 0 Å². The molecule has 14 heteroatoms. The fourth-order valence-electron chi connectivity index (χ4n) is 4.40. The zero-order valence-corrected chi connectivity index (χ0v) is 22.2. The van der Waals surface area contributed by atoms with E-state index in [9.17, 15) is 18.8 Å². The topological polar surface area (TPSA) is 102 Å². The van der Waals surface area contributed by atoms with Crippen molar-refractivity contribution in [3.63, 3.8) is 0 Å². The van der Waals surface area contributed by atoms with Crippen LogP contribution in [0.2, 0.25) is 10.1 Å². The molecule has 1 aromatic carbocycles. The predicted molar refractivity (Wildman–Crippen MR) is 151 cm³/mol. The summed E-state index contributed by atoms with van der Waals surface area (Å²) >= 11 is 5.92. The number of nitrogens with zero attached hydrogens (tertiary/aromatic N) is 5. The van der Waals surface area contributed by atoms with Gasteiger partial charge in [0.1, 0.15) is 23.4 Å². The number of imidazole rings is 1. The maximum Gasteiger partial charge on any atom is 0.265 e. The molecule has 3 aromatic heterocycles. The van der Waals surface area contributed by atoms with E-state index in [1.807, 2.05) is 7.05 Å². The average Bonchev–Trinajstić information content (AvgIpc) is 3.32. The van der Waals surface area contributed by atoms with Gasteiger partial charge in [-0.05, 0) is 29.8 Å². The summed E-state index contributed by atoms with van der Waals surface area (Å²) in [6.07, 6.45) is 4.94. The van der Waals surface area contributed by atoms with Crippen LogP contribution in [-0.4, -0.2) is 78.1 Å². The number of nitrogens with one attached hydrogen (secondary N) is 1. The molecule has 1 saturated heterocycles. The first-order chi connectivity index (χ1) is 18.8. The molecule has 1 aliphatic rings. The van der Waals surface area contributed by atoms with Crippen LogP contribution < -0.4 is 10.9 Å². The highest BCUT2D eigenvalue weighted by Crippen LogP contribution is 2.40. The van der Waals surface area contributed by atoms with Crippen molar-refractivity contribution in [3.8, 4) is 11.3 Å². The number of halogens is 2. The summed E-state index contributed by atoms with van der Waals surface area (Å²) in [4.78, 5) is 49.6. The van der Waals surface area contributed by atoms with Crippen LogP contribution in [0.4, 0.5) is 4.39 Å². The fourth-order valence-corrected chi connectivity index (χ4v) is 4.53. The van der Waals surface area contributed by atoms with Crippen molar-refractivity contribution >= 4 is 58.0 Å². The van der Waals surface area contributed by atoms with Crippen LogP contribution in [0.15, 0.2) is 59.9 Å². The van der Waals surface area contributed by atoms with Gasteiger partial charge in [0.05, 0.1) is 48.6 Å². The summed E-state index contributed by atoms with van der Waals surface area (Å²) in [6.45, 7) is -1.21. The van der Waals surface area contributed by atoms with Gasteiger partial charge in [-0.15, -0.1) is 0 Å². The van der Waals surface area contributed by atoms with Crippen molar-refractivity contribution in [1.29, 1.82) is 0 Å². The first kappa shape index (κ1) is 27.7. The van der Waals surface area contributed by atoms with E-state index in [0.717, 1.165) is 15.0 Å². The Bertz CT molecular complexity index is 1680. The molecule has 40 heavy (non-hydrogen) atoms. The second-order valence-corrected chi connectivity index (χ2v) is 10.4. The second-order valence-electron chi connectivity index (χ2n) is 9.97. The summed E-state index contributed by atoms with van der Waals surface area (Å²) in [6, 6.07) is 10.0. The summed E-state index contributed by atoms with van der Waals surface area (Å²) < 4.78 is 17.7. The lowest BCUT2D eigenvalue weighted by Crippen LogP contribution is -2.67. The number of carbonyl (C=O) groups excluding carboxylic acids is 2. The van der Waals surface area contributed by atoms with Crippen LogP contribution in [-0.2, 0) is 24.9 Å². The van der Waals surface area contributed by atoms with Crippen molar-refractivity contribution in [2.75, 3.05) is 13.1 Å².